The maximum atomic E-state index is 11.3. The third-order valence-corrected chi connectivity index (χ3v) is 2.49. The molecule has 0 aromatic rings. The molecule has 0 aliphatic carbocycles. The van der Waals surface area contributed by atoms with Gasteiger partial charge in [0.2, 0.25) is 5.91 Å². The molecule has 1 atom stereocenters. The van der Waals surface area contributed by atoms with Gasteiger partial charge in [0.05, 0.1) is 0 Å². The Bertz CT molecular complexity index is 213. The molecule has 0 spiro atoms. The van der Waals surface area contributed by atoms with E-state index in [0.29, 0.717) is 18.9 Å². The second kappa shape index (κ2) is 9.15. The minimum Gasteiger partial charge on any atom is -0.480 e. The van der Waals surface area contributed by atoms with Gasteiger partial charge in [-0.3, -0.25) is 9.59 Å². The van der Waals surface area contributed by atoms with E-state index in [2.05, 4.69) is 12.2 Å². The van der Waals surface area contributed by atoms with Crippen LogP contribution in [0.3, 0.4) is 0 Å². The molecule has 0 saturated carbocycles. The molecule has 1 unspecified atom stereocenters. The van der Waals surface area contributed by atoms with E-state index < -0.39 is 5.97 Å². The molecule has 0 heterocycles. The van der Waals surface area contributed by atoms with Crippen molar-refractivity contribution in [3.8, 4) is 0 Å². The molecule has 4 N–H and O–H groups in total. The Morgan fingerprint density at radius 1 is 1.31 bits per heavy atom. The highest BCUT2D eigenvalue weighted by molar-refractivity contribution is 5.80. The van der Waals surface area contributed by atoms with Crippen LogP contribution in [0.5, 0.6) is 0 Å². The summed E-state index contributed by atoms with van der Waals surface area (Å²) >= 11 is 0. The van der Waals surface area contributed by atoms with Gasteiger partial charge in [0, 0.05) is 6.42 Å². The Balaban J connectivity index is 3.72. The van der Waals surface area contributed by atoms with Crippen molar-refractivity contribution in [1.29, 1.82) is 0 Å². The highest BCUT2D eigenvalue weighted by Crippen LogP contribution is 2.16. The van der Waals surface area contributed by atoms with E-state index in [1.54, 1.807) is 0 Å². The van der Waals surface area contributed by atoms with Crippen molar-refractivity contribution in [1.82, 2.24) is 5.32 Å². The fraction of sp³-hybridized carbons (Fsp3) is 0.818. The van der Waals surface area contributed by atoms with Gasteiger partial charge in [0.1, 0.15) is 6.54 Å². The number of nitrogens with one attached hydrogen (secondary N) is 1. The molecule has 0 aliphatic heterocycles. The molecule has 0 rings (SSSR count). The van der Waals surface area contributed by atoms with Gasteiger partial charge in [-0.15, -0.1) is 0 Å². The van der Waals surface area contributed by atoms with Gasteiger partial charge in [-0.1, -0.05) is 19.8 Å². The molecular weight excluding hydrogens is 208 g/mol. The van der Waals surface area contributed by atoms with Gasteiger partial charge in [0.25, 0.3) is 0 Å². The zero-order valence-corrected chi connectivity index (χ0v) is 9.87. The van der Waals surface area contributed by atoms with Crippen molar-refractivity contribution < 1.29 is 14.7 Å². The first kappa shape index (κ1) is 14.9. The van der Waals surface area contributed by atoms with E-state index in [0.717, 1.165) is 25.7 Å². The van der Waals surface area contributed by atoms with Crippen LogP contribution < -0.4 is 11.1 Å². The van der Waals surface area contributed by atoms with E-state index in [9.17, 15) is 9.59 Å². The Hall–Kier alpha value is -1.10. The molecule has 5 nitrogen and oxygen atoms in total. The SMILES string of the molecule is CCCC(CCN)CCC(=O)NCC(=O)O. The summed E-state index contributed by atoms with van der Waals surface area (Å²) in [5, 5.41) is 10.7. The quantitative estimate of drug-likeness (QED) is 0.544. The topological polar surface area (TPSA) is 92.4 Å². The van der Waals surface area contributed by atoms with Gasteiger partial charge in [0.15, 0.2) is 0 Å². The molecule has 0 bridgehead atoms. The lowest BCUT2D eigenvalue weighted by Gasteiger charge is -2.14. The highest BCUT2D eigenvalue weighted by atomic mass is 16.4. The zero-order chi connectivity index (χ0) is 12.4. The van der Waals surface area contributed by atoms with E-state index in [4.69, 9.17) is 10.8 Å². The Morgan fingerprint density at radius 2 is 2.00 bits per heavy atom. The number of amides is 1. The normalized spacial score (nSPS) is 12.1. The van der Waals surface area contributed by atoms with Crippen LogP contribution in [-0.2, 0) is 9.59 Å². The Kier molecular flexibility index (Phi) is 8.52. The van der Waals surface area contributed by atoms with Crippen LogP contribution in [0.1, 0.15) is 39.0 Å². The van der Waals surface area contributed by atoms with Crippen molar-refractivity contribution in [3.05, 3.63) is 0 Å². The second-order valence-electron chi connectivity index (χ2n) is 3.94. The second-order valence-corrected chi connectivity index (χ2v) is 3.94. The summed E-state index contributed by atoms with van der Waals surface area (Å²) in [6.07, 6.45) is 4.26. The number of hydrogen-bond acceptors (Lipinski definition) is 3. The summed E-state index contributed by atoms with van der Waals surface area (Å²) in [4.78, 5) is 21.5. The molecule has 0 aromatic carbocycles. The van der Waals surface area contributed by atoms with Crippen LogP contribution in [0.4, 0.5) is 0 Å². The zero-order valence-electron chi connectivity index (χ0n) is 9.87. The molecule has 1 amide bonds. The van der Waals surface area contributed by atoms with Gasteiger partial charge >= 0.3 is 5.97 Å². The molecule has 0 aromatic heterocycles. The molecular formula is C11H22N2O3. The number of carbonyl (C=O) groups excluding carboxylic acids is 1. The molecule has 0 fully saturated rings. The lowest BCUT2D eigenvalue weighted by Crippen LogP contribution is -2.29. The maximum absolute atomic E-state index is 11.3. The summed E-state index contributed by atoms with van der Waals surface area (Å²) in [5.74, 6) is -0.730. The molecule has 5 heteroatoms. The van der Waals surface area contributed by atoms with E-state index in [1.807, 2.05) is 0 Å². The summed E-state index contributed by atoms with van der Waals surface area (Å²) in [5.41, 5.74) is 5.49. The molecule has 0 radical (unpaired) electrons. The van der Waals surface area contributed by atoms with Gasteiger partial charge in [-0.25, -0.2) is 0 Å². The first-order valence-electron chi connectivity index (χ1n) is 5.78. The fourth-order valence-corrected chi connectivity index (χ4v) is 1.67. The average molecular weight is 230 g/mol. The van der Waals surface area contributed by atoms with Crippen LogP contribution in [0.25, 0.3) is 0 Å². The third kappa shape index (κ3) is 8.23. The summed E-state index contributed by atoms with van der Waals surface area (Å²) in [7, 11) is 0. The largest absolute Gasteiger partial charge is 0.480 e. The number of aliphatic carboxylic acids is 1. The average Bonchev–Trinajstić information content (AvgIpc) is 2.23. The van der Waals surface area contributed by atoms with E-state index in [-0.39, 0.29) is 12.5 Å². The van der Waals surface area contributed by atoms with Gasteiger partial charge in [-0.2, -0.15) is 0 Å². The Morgan fingerprint density at radius 3 is 2.50 bits per heavy atom. The van der Waals surface area contributed by atoms with Crippen LogP contribution in [-0.4, -0.2) is 30.1 Å². The van der Waals surface area contributed by atoms with E-state index >= 15 is 0 Å². The number of nitrogens with two attached hydrogens (primary N) is 1. The lowest BCUT2D eigenvalue weighted by atomic mass is 9.94. The number of rotatable bonds is 9. The number of carbonyl (C=O) groups is 2. The molecule has 94 valence electrons. The van der Waals surface area contributed by atoms with Gasteiger partial charge < -0.3 is 16.2 Å². The number of carboxylic acid groups (broad SMARTS) is 1. The van der Waals surface area contributed by atoms with Crippen molar-refractivity contribution in [2.24, 2.45) is 11.7 Å². The van der Waals surface area contributed by atoms with Crippen LogP contribution in [0.15, 0.2) is 0 Å². The number of hydrogen-bond donors (Lipinski definition) is 3. The maximum Gasteiger partial charge on any atom is 0.322 e. The molecule has 16 heavy (non-hydrogen) atoms. The van der Waals surface area contributed by atoms with Crippen LogP contribution in [0.2, 0.25) is 0 Å². The third-order valence-electron chi connectivity index (χ3n) is 2.49. The smallest absolute Gasteiger partial charge is 0.322 e. The predicted molar refractivity (Wildman–Crippen MR) is 61.9 cm³/mol. The first-order valence-corrected chi connectivity index (χ1v) is 5.78. The number of carboxylic acids is 1. The van der Waals surface area contributed by atoms with Crippen LogP contribution in [0, 0.1) is 5.92 Å². The summed E-state index contributed by atoms with van der Waals surface area (Å²) in [6.45, 7) is 2.45. The fourth-order valence-electron chi connectivity index (χ4n) is 1.67. The Labute approximate surface area is 96.4 Å². The minimum atomic E-state index is -1.01. The van der Waals surface area contributed by atoms with Crippen molar-refractivity contribution in [3.63, 3.8) is 0 Å². The highest BCUT2D eigenvalue weighted by Gasteiger charge is 2.10. The lowest BCUT2D eigenvalue weighted by molar-refractivity contribution is -0.138. The summed E-state index contributed by atoms with van der Waals surface area (Å²) in [6, 6.07) is 0. The predicted octanol–water partition coefficient (Wildman–Crippen LogP) is 0.733. The minimum absolute atomic E-state index is 0.194. The van der Waals surface area contributed by atoms with Crippen molar-refractivity contribution in [2.75, 3.05) is 13.1 Å². The monoisotopic (exact) mass is 230 g/mol. The van der Waals surface area contributed by atoms with Crippen molar-refractivity contribution in [2.45, 2.75) is 39.0 Å². The first-order chi connectivity index (χ1) is 7.60. The van der Waals surface area contributed by atoms with Gasteiger partial charge in [-0.05, 0) is 25.3 Å². The molecule has 0 aliphatic rings. The molecule has 0 saturated heterocycles. The standard InChI is InChI=1S/C11H22N2O3/c1-2-3-9(6-7-12)4-5-10(14)13-8-11(15)16/h9H,2-8,12H2,1H3,(H,13,14)(H,15,16). The van der Waals surface area contributed by atoms with Crippen molar-refractivity contribution >= 4 is 11.9 Å². The van der Waals surface area contributed by atoms with E-state index in [1.165, 1.54) is 0 Å². The summed E-state index contributed by atoms with van der Waals surface area (Å²) < 4.78 is 0. The van der Waals surface area contributed by atoms with Crippen LogP contribution >= 0.6 is 0 Å².